The molecule has 0 unspecified atom stereocenters. The summed E-state index contributed by atoms with van der Waals surface area (Å²) in [5, 5.41) is 12.3. The minimum absolute atomic E-state index is 0.146. The van der Waals surface area contributed by atoms with Crippen molar-refractivity contribution in [3.63, 3.8) is 0 Å². The molecule has 12 heavy (non-hydrogen) atoms. The van der Waals surface area contributed by atoms with Crippen LogP contribution in [0.15, 0.2) is 18.2 Å². The van der Waals surface area contributed by atoms with Crippen molar-refractivity contribution in [3.8, 4) is 5.75 Å². The van der Waals surface area contributed by atoms with Crippen molar-refractivity contribution in [1.82, 2.24) is 0 Å². The van der Waals surface area contributed by atoms with Gasteiger partial charge in [-0.2, -0.15) is 0 Å². The van der Waals surface area contributed by atoms with Crippen molar-refractivity contribution >= 4 is 45.6 Å². The molecule has 1 aromatic carbocycles. The smallest absolute Gasteiger partial charge is 0.168 e. The first-order valence-electron chi connectivity index (χ1n) is 3.15. The molecular formula is C7H7IN2OS. The number of para-hydroxylation sites is 1. The zero-order chi connectivity index (χ0) is 9.14. The third-order valence-corrected chi connectivity index (χ3v) is 2.22. The van der Waals surface area contributed by atoms with E-state index < -0.39 is 0 Å². The molecule has 0 aliphatic heterocycles. The van der Waals surface area contributed by atoms with Gasteiger partial charge in [-0.1, -0.05) is 6.07 Å². The number of phenolic OH excluding ortho intramolecular Hbond substituents is 1. The van der Waals surface area contributed by atoms with Crippen molar-refractivity contribution in [2.45, 2.75) is 0 Å². The summed E-state index contributed by atoms with van der Waals surface area (Å²) in [6.45, 7) is 0. The molecule has 0 radical (unpaired) electrons. The predicted octanol–water partition coefficient (Wildman–Crippen LogP) is 1.65. The van der Waals surface area contributed by atoms with Crippen LogP contribution in [0, 0.1) is 3.57 Å². The van der Waals surface area contributed by atoms with E-state index >= 15 is 0 Å². The second kappa shape index (κ2) is 3.90. The molecule has 1 aromatic rings. The Morgan fingerprint density at radius 2 is 2.25 bits per heavy atom. The lowest BCUT2D eigenvalue weighted by Crippen LogP contribution is -2.18. The van der Waals surface area contributed by atoms with Crippen LogP contribution in [-0.4, -0.2) is 10.2 Å². The molecular weight excluding hydrogens is 287 g/mol. The van der Waals surface area contributed by atoms with Gasteiger partial charge in [0.25, 0.3) is 0 Å². The van der Waals surface area contributed by atoms with Gasteiger partial charge in [0, 0.05) is 0 Å². The quantitative estimate of drug-likeness (QED) is 0.419. The van der Waals surface area contributed by atoms with Crippen LogP contribution in [0.25, 0.3) is 0 Å². The number of aromatic hydroxyl groups is 1. The number of hydrogen-bond donors (Lipinski definition) is 3. The van der Waals surface area contributed by atoms with E-state index in [1.54, 1.807) is 12.1 Å². The van der Waals surface area contributed by atoms with Gasteiger partial charge in [-0.3, -0.25) is 0 Å². The van der Waals surface area contributed by atoms with E-state index in [1.807, 2.05) is 28.7 Å². The SMILES string of the molecule is NC(=S)Nc1cccc(I)c1O. The predicted molar refractivity (Wildman–Crippen MR) is 61.2 cm³/mol. The second-order valence-electron chi connectivity index (χ2n) is 2.13. The number of hydrogen-bond acceptors (Lipinski definition) is 2. The molecule has 0 aliphatic carbocycles. The number of anilines is 1. The maximum Gasteiger partial charge on any atom is 0.168 e. The Labute approximate surface area is 89.1 Å². The van der Waals surface area contributed by atoms with Crippen LogP contribution in [0.1, 0.15) is 0 Å². The van der Waals surface area contributed by atoms with E-state index in [9.17, 15) is 5.11 Å². The number of rotatable bonds is 1. The van der Waals surface area contributed by atoms with Crippen molar-refractivity contribution in [2.24, 2.45) is 5.73 Å². The molecule has 0 saturated heterocycles. The molecule has 0 atom stereocenters. The molecule has 5 heteroatoms. The van der Waals surface area contributed by atoms with E-state index in [4.69, 9.17) is 5.73 Å². The molecule has 0 aliphatic rings. The van der Waals surface area contributed by atoms with Crippen LogP contribution in [0.2, 0.25) is 0 Å². The summed E-state index contributed by atoms with van der Waals surface area (Å²) < 4.78 is 0.758. The van der Waals surface area contributed by atoms with E-state index in [2.05, 4.69) is 17.5 Å². The standard InChI is InChI=1S/C7H7IN2OS/c8-4-2-1-3-5(6(4)11)10-7(9)12/h1-3,11H,(H3,9,10,12). The summed E-state index contributed by atoms with van der Waals surface area (Å²) in [5.41, 5.74) is 5.79. The van der Waals surface area contributed by atoms with Gasteiger partial charge in [0.2, 0.25) is 0 Å². The fourth-order valence-corrected chi connectivity index (χ4v) is 1.36. The summed E-state index contributed by atoms with van der Waals surface area (Å²) in [7, 11) is 0. The van der Waals surface area contributed by atoms with E-state index in [0.29, 0.717) is 5.69 Å². The van der Waals surface area contributed by atoms with Crippen molar-refractivity contribution < 1.29 is 5.11 Å². The first-order valence-corrected chi connectivity index (χ1v) is 4.64. The average Bonchev–Trinajstić information content (AvgIpc) is 1.98. The Kier molecular flexibility index (Phi) is 3.10. The third-order valence-electron chi connectivity index (χ3n) is 1.24. The van der Waals surface area contributed by atoms with E-state index in [0.717, 1.165) is 3.57 Å². The molecule has 0 saturated carbocycles. The van der Waals surface area contributed by atoms with Crippen molar-refractivity contribution in [2.75, 3.05) is 5.32 Å². The zero-order valence-corrected chi connectivity index (χ0v) is 9.02. The largest absolute Gasteiger partial charge is 0.505 e. The van der Waals surface area contributed by atoms with Crippen LogP contribution in [0.4, 0.5) is 5.69 Å². The fraction of sp³-hybridized carbons (Fsp3) is 0. The highest BCUT2D eigenvalue weighted by molar-refractivity contribution is 14.1. The Hall–Kier alpha value is -0.560. The van der Waals surface area contributed by atoms with Crippen LogP contribution in [-0.2, 0) is 0 Å². The molecule has 0 spiro atoms. The number of nitrogens with two attached hydrogens (primary N) is 1. The van der Waals surface area contributed by atoms with Gasteiger partial charge >= 0.3 is 0 Å². The fourth-order valence-electron chi connectivity index (χ4n) is 0.749. The monoisotopic (exact) mass is 294 g/mol. The molecule has 0 amide bonds. The lowest BCUT2D eigenvalue weighted by molar-refractivity contribution is 0.474. The second-order valence-corrected chi connectivity index (χ2v) is 3.73. The lowest BCUT2D eigenvalue weighted by atomic mass is 10.3. The number of phenols is 1. The Bertz CT molecular complexity index is 316. The Morgan fingerprint density at radius 1 is 1.58 bits per heavy atom. The van der Waals surface area contributed by atoms with Crippen molar-refractivity contribution in [1.29, 1.82) is 0 Å². The average molecular weight is 294 g/mol. The first kappa shape index (κ1) is 9.53. The highest BCUT2D eigenvalue weighted by Crippen LogP contribution is 2.27. The molecule has 0 fully saturated rings. The molecule has 0 heterocycles. The Balaban J connectivity index is 3.00. The van der Waals surface area contributed by atoms with Gasteiger partial charge in [0.15, 0.2) is 10.9 Å². The topological polar surface area (TPSA) is 58.3 Å². The van der Waals surface area contributed by atoms with Crippen LogP contribution in [0.3, 0.4) is 0 Å². The van der Waals surface area contributed by atoms with Crippen LogP contribution < -0.4 is 11.1 Å². The first-order chi connectivity index (χ1) is 5.61. The minimum atomic E-state index is 0.146. The number of thiocarbonyl (C=S) groups is 1. The maximum absolute atomic E-state index is 9.46. The van der Waals surface area contributed by atoms with Gasteiger partial charge in [-0.05, 0) is 46.9 Å². The van der Waals surface area contributed by atoms with Crippen LogP contribution in [0.5, 0.6) is 5.75 Å². The Morgan fingerprint density at radius 3 is 2.83 bits per heavy atom. The van der Waals surface area contributed by atoms with Gasteiger partial charge in [0.1, 0.15) is 0 Å². The zero-order valence-electron chi connectivity index (χ0n) is 6.04. The summed E-state index contributed by atoms with van der Waals surface area (Å²) >= 11 is 6.66. The van der Waals surface area contributed by atoms with Crippen LogP contribution >= 0.6 is 34.8 Å². The normalized spacial score (nSPS) is 9.42. The van der Waals surface area contributed by atoms with Gasteiger partial charge < -0.3 is 16.2 Å². The number of halogens is 1. The molecule has 64 valence electrons. The highest BCUT2D eigenvalue weighted by atomic mass is 127. The van der Waals surface area contributed by atoms with Gasteiger partial charge in [0.05, 0.1) is 9.26 Å². The number of nitrogens with one attached hydrogen (secondary N) is 1. The summed E-state index contributed by atoms with van der Waals surface area (Å²) in [6, 6.07) is 5.30. The molecule has 0 aromatic heterocycles. The molecule has 3 nitrogen and oxygen atoms in total. The molecule has 1 rings (SSSR count). The molecule has 4 N–H and O–H groups in total. The summed E-state index contributed by atoms with van der Waals surface area (Å²) in [6.07, 6.45) is 0. The third kappa shape index (κ3) is 2.21. The maximum atomic E-state index is 9.46. The minimum Gasteiger partial charge on any atom is -0.505 e. The van der Waals surface area contributed by atoms with E-state index in [-0.39, 0.29) is 10.9 Å². The van der Waals surface area contributed by atoms with E-state index in [1.165, 1.54) is 0 Å². The summed E-state index contributed by atoms with van der Waals surface area (Å²) in [4.78, 5) is 0. The molecule has 0 bridgehead atoms. The van der Waals surface area contributed by atoms with Crippen molar-refractivity contribution in [3.05, 3.63) is 21.8 Å². The highest BCUT2D eigenvalue weighted by Gasteiger charge is 2.03. The lowest BCUT2D eigenvalue weighted by Gasteiger charge is -2.06. The van der Waals surface area contributed by atoms with Gasteiger partial charge in [-0.25, -0.2) is 0 Å². The number of benzene rings is 1. The summed E-state index contributed by atoms with van der Waals surface area (Å²) in [5.74, 6) is 0.172. The van der Waals surface area contributed by atoms with Gasteiger partial charge in [-0.15, -0.1) is 0 Å².